The summed E-state index contributed by atoms with van der Waals surface area (Å²) in [5, 5.41) is 19.2. The van der Waals surface area contributed by atoms with E-state index in [1.54, 1.807) is 23.9 Å². The molecular formula is C30H34O6S. The molecule has 0 aliphatic carbocycles. The molecule has 196 valence electrons. The fraction of sp³-hybridized carbons (Fsp3) is 0.333. The van der Waals surface area contributed by atoms with Crippen LogP contribution in [0.3, 0.4) is 0 Å². The Balaban J connectivity index is 1.45. The highest BCUT2D eigenvalue weighted by Crippen LogP contribution is 2.35. The minimum atomic E-state index is -0.770. The van der Waals surface area contributed by atoms with E-state index in [1.807, 2.05) is 18.2 Å². The van der Waals surface area contributed by atoms with Crippen LogP contribution in [0.15, 0.2) is 72.8 Å². The van der Waals surface area contributed by atoms with Gasteiger partial charge in [-0.05, 0) is 61.6 Å². The summed E-state index contributed by atoms with van der Waals surface area (Å²) in [4.78, 5) is 22.4. The van der Waals surface area contributed by atoms with Gasteiger partial charge in [0.2, 0.25) is 0 Å². The summed E-state index contributed by atoms with van der Waals surface area (Å²) in [6, 6.07) is 23.1. The van der Waals surface area contributed by atoms with Gasteiger partial charge in [0.05, 0.1) is 25.2 Å². The number of ketones is 1. The third-order valence-electron chi connectivity index (χ3n) is 5.84. The lowest BCUT2D eigenvalue weighted by atomic mass is 10.0. The van der Waals surface area contributed by atoms with E-state index in [1.165, 1.54) is 24.1 Å². The van der Waals surface area contributed by atoms with Crippen molar-refractivity contribution in [1.29, 1.82) is 0 Å². The van der Waals surface area contributed by atoms with Gasteiger partial charge in [0.25, 0.3) is 0 Å². The largest absolute Gasteiger partial charge is 0.507 e. The lowest BCUT2D eigenvalue weighted by Crippen LogP contribution is -2.05. The van der Waals surface area contributed by atoms with Crippen molar-refractivity contribution >= 4 is 23.5 Å². The third-order valence-corrected chi connectivity index (χ3v) is 7.19. The lowest BCUT2D eigenvalue weighted by molar-refractivity contribution is -0.136. The molecule has 0 saturated heterocycles. The SMILES string of the molecule is CC(=O)c1ccc(OCCCOc2ccc(C(CCCc3ccccc3)SCCC(=O)O)cc2)cc1O. The van der Waals surface area contributed by atoms with Crippen molar-refractivity contribution in [3.05, 3.63) is 89.5 Å². The number of phenolic OH excluding ortho intramolecular Hbond substituents is 1. The Hall–Kier alpha value is -3.45. The molecule has 6 nitrogen and oxygen atoms in total. The third kappa shape index (κ3) is 9.84. The first kappa shape index (κ1) is 28.1. The van der Waals surface area contributed by atoms with Crippen LogP contribution in [-0.4, -0.2) is 40.9 Å². The van der Waals surface area contributed by atoms with Crippen molar-refractivity contribution in [2.24, 2.45) is 0 Å². The second-order valence-electron chi connectivity index (χ2n) is 8.74. The summed E-state index contributed by atoms with van der Waals surface area (Å²) >= 11 is 1.70. The molecule has 0 fully saturated rings. The van der Waals surface area contributed by atoms with Gasteiger partial charge in [-0.25, -0.2) is 0 Å². The maximum atomic E-state index is 11.4. The molecule has 3 aromatic carbocycles. The normalized spacial score (nSPS) is 11.6. The summed E-state index contributed by atoms with van der Waals surface area (Å²) < 4.78 is 11.5. The number of hydrogen-bond acceptors (Lipinski definition) is 6. The van der Waals surface area contributed by atoms with Crippen molar-refractivity contribution in [3.8, 4) is 17.2 Å². The first-order chi connectivity index (χ1) is 17.9. The molecular weight excluding hydrogens is 488 g/mol. The number of Topliss-reactive ketones (excluding diaryl/α,β-unsaturated/α-hetero) is 1. The Morgan fingerprint density at radius 2 is 1.57 bits per heavy atom. The minimum absolute atomic E-state index is 0.0826. The molecule has 0 aliphatic rings. The number of hydrogen-bond donors (Lipinski definition) is 2. The van der Waals surface area contributed by atoms with E-state index in [-0.39, 0.29) is 28.8 Å². The predicted molar refractivity (Wildman–Crippen MR) is 147 cm³/mol. The van der Waals surface area contributed by atoms with Crippen LogP contribution in [-0.2, 0) is 11.2 Å². The Bertz CT molecular complexity index is 1130. The molecule has 0 aromatic heterocycles. The van der Waals surface area contributed by atoms with E-state index in [2.05, 4.69) is 36.4 Å². The number of phenols is 1. The maximum absolute atomic E-state index is 11.4. The Morgan fingerprint density at radius 3 is 2.22 bits per heavy atom. The molecule has 0 spiro atoms. The number of carbonyl (C=O) groups is 2. The zero-order valence-corrected chi connectivity index (χ0v) is 21.9. The van der Waals surface area contributed by atoms with E-state index in [0.717, 1.165) is 25.0 Å². The molecule has 0 amide bonds. The number of aromatic hydroxyl groups is 1. The van der Waals surface area contributed by atoms with Crippen molar-refractivity contribution < 1.29 is 29.3 Å². The summed E-state index contributed by atoms with van der Waals surface area (Å²) in [5.41, 5.74) is 2.76. The highest BCUT2D eigenvalue weighted by molar-refractivity contribution is 7.99. The van der Waals surface area contributed by atoms with Gasteiger partial charge >= 0.3 is 5.97 Å². The summed E-state index contributed by atoms with van der Waals surface area (Å²) in [6.45, 7) is 2.30. The van der Waals surface area contributed by atoms with Gasteiger partial charge in [-0.3, -0.25) is 9.59 Å². The van der Waals surface area contributed by atoms with Crippen LogP contribution in [0.1, 0.15) is 59.3 Å². The van der Waals surface area contributed by atoms with E-state index in [0.29, 0.717) is 31.1 Å². The predicted octanol–water partition coefficient (Wildman–Crippen LogP) is 6.71. The molecule has 0 saturated carbocycles. The number of rotatable bonds is 16. The lowest BCUT2D eigenvalue weighted by Gasteiger charge is -2.17. The Kier molecular flexibility index (Phi) is 11.4. The molecule has 0 radical (unpaired) electrons. The summed E-state index contributed by atoms with van der Waals surface area (Å²) in [5.74, 6) is 0.810. The average Bonchev–Trinajstić information content (AvgIpc) is 2.88. The van der Waals surface area contributed by atoms with Crippen LogP contribution in [0.4, 0.5) is 0 Å². The molecule has 3 aromatic rings. The van der Waals surface area contributed by atoms with Crippen LogP contribution in [0, 0.1) is 0 Å². The first-order valence-electron chi connectivity index (χ1n) is 12.5. The van der Waals surface area contributed by atoms with Crippen molar-refractivity contribution in [2.45, 2.75) is 44.3 Å². The Morgan fingerprint density at radius 1 is 0.892 bits per heavy atom. The monoisotopic (exact) mass is 522 g/mol. The number of ether oxygens (including phenoxy) is 2. The van der Waals surface area contributed by atoms with Crippen LogP contribution < -0.4 is 9.47 Å². The van der Waals surface area contributed by atoms with Crippen LogP contribution in [0.5, 0.6) is 17.2 Å². The van der Waals surface area contributed by atoms with Crippen molar-refractivity contribution in [3.63, 3.8) is 0 Å². The summed E-state index contributed by atoms with van der Waals surface area (Å²) in [6.07, 6.45) is 3.82. The number of carbonyl (C=O) groups excluding carboxylic acids is 1. The van der Waals surface area contributed by atoms with Gasteiger partial charge < -0.3 is 19.7 Å². The minimum Gasteiger partial charge on any atom is -0.507 e. The van der Waals surface area contributed by atoms with Gasteiger partial charge in [-0.1, -0.05) is 42.5 Å². The highest BCUT2D eigenvalue weighted by atomic mass is 32.2. The topological polar surface area (TPSA) is 93.1 Å². The molecule has 0 bridgehead atoms. The van der Waals surface area contributed by atoms with E-state index in [9.17, 15) is 14.7 Å². The second-order valence-corrected chi connectivity index (χ2v) is 10.0. The maximum Gasteiger partial charge on any atom is 0.304 e. The van der Waals surface area contributed by atoms with E-state index < -0.39 is 5.97 Å². The number of thioether (sulfide) groups is 1. The van der Waals surface area contributed by atoms with E-state index >= 15 is 0 Å². The van der Waals surface area contributed by atoms with Gasteiger partial charge in [-0.2, -0.15) is 11.8 Å². The fourth-order valence-corrected chi connectivity index (χ4v) is 5.15. The summed E-state index contributed by atoms with van der Waals surface area (Å²) in [7, 11) is 0. The standard InChI is InChI=1S/C30H34O6S/c1-22(31)27-16-15-26(21-28(27)32)36-19-6-18-35-25-13-11-24(12-14-25)29(37-20-17-30(33)34)10-5-9-23-7-3-2-4-8-23/h2-4,7-8,11-16,21,29,32H,5-6,9-10,17-20H2,1H3,(H,33,34). The number of carboxylic acids is 1. The molecule has 7 heteroatoms. The highest BCUT2D eigenvalue weighted by Gasteiger charge is 2.14. The first-order valence-corrected chi connectivity index (χ1v) is 13.5. The van der Waals surface area contributed by atoms with Gasteiger partial charge in [0.1, 0.15) is 17.2 Å². The fourth-order valence-electron chi connectivity index (χ4n) is 3.89. The quantitative estimate of drug-likeness (QED) is 0.159. The molecule has 0 aliphatic heterocycles. The molecule has 3 rings (SSSR count). The number of aryl methyl sites for hydroxylation is 1. The second kappa shape index (κ2) is 15.0. The van der Waals surface area contributed by atoms with Gasteiger partial charge in [0.15, 0.2) is 5.78 Å². The average molecular weight is 523 g/mol. The molecule has 2 N–H and O–H groups in total. The van der Waals surface area contributed by atoms with Gasteiger partial charge in [-0.15, -0.1) is 0 Å². The number of carboxylic acid groups (broad SMARTS) is 1. The number of aliphatic carboxylic acids is 1. The number of benzene rings is 3. The molecule has 37 heavy (non-hydrogen) atoms. The van der Waals surface area contributed by atoms with Crippen molar-refractivity contribution in [1.82, 2.24) is 0 Å². The van der Waals surface area contributed by atoms with Crippen molar-refractivity contribution in [2.75, 3.05) is 19.0 Å². The van der Waals surface area contributed by atoms with Gasteiger partial charge in [0, 0.05) is 23.5 Å². The zero-order valence-electron chi connectivity index (χ0n) is 21.1. The Labute approximate surface area is 222 Å². The van der Waals surface area contributed by atoms with Crippen LogP contribution in [0.2, 0.25) is 0 Å². The van der Waals surface area contributed by atoms with E-state index in [4.69, 9.17) is 14.6 Å². The molecule has 1 unspecified atom stereocenters. The van der Waals surface area contributed by atoms with Crippen LogP contribution in [0.25, 0.3) is 0 Å². The molecule has 1 atom stereocenters. The van der Waals surface area contributed by atoms with Crippen LogP contribution >= 0.6 is 11.8 Å². The zero-order chi connectivity index (χ0) is 26.5. The molecule has 0 heterocycles. The smallest absolute Gasteiger partial charge is 0.304 e.